The van der Waals surface area contributed by atoms with Gasteiger partial charge < -0.3 is 10.6 Å². The quantitative estimate of drug-likeness (QED) is 0.237. The van der Waals surface area contributed by atoms with Gasteiger partial charge in [-0.25, -0.2) is 4.98 Å². The molecule has 0 radical (unpaired) electrons. The molecule has 1 rings (SSSR count). The smallest absolute Gasteiger partial charge is 0.191 e. The van der Waals surface area contributed by atoms with Crippen LogP contribution in [-0.4, -0.2) is 36.3 Å². The van der Waals surface area contributed by atoms with E-state index in [1.54, 1.807) is 11.3 Å². The van der Waals surface area contributed by atoms with Crippen molar-refractivity contribution in [3.8, 4) is 0 Å². The maximum absolute atomic E-state index is 4.24. The van der Waals surface area contributed by atoms with E-state index in [9.17, 15) is 0 Å². The molecule has 0 spiro atoms. The lowest BCUT2D eigenvalue weighted by Gasteiger charge is -2.16. The van der Waals surface area contributed by atoms with Gasteiger partial charge >= 0.3 is 0 Å². The normalized spacial score (nSPS) is 12.7. The minimum absolute atomic E-state index is 0. The molecule has 0 aromatic carbocycles. The van der Waals surface area contributed by atoms with Crippen LogP contribution in [0.2, 0.25) is 0 Å². The summed E-state index contributed by atoms with van der Waals surface area (Å²) in [5, 5.41) is 8.68. The first-order chi connectivity index (χ1) is 8.76. The molecule has 1 heterocycles. The third kappa shape index (κ3) is 8.69. The highest BCUT2D eigenvalue weighted by atomic mass is 127. The number of rotatable bonds is 7. The van der Waals surface area contributed by atoms with E-state index in [4.69, 9.17) is 0 Å². The summed E-state index contributed by atoms with van der Waals surface area (Å²) < 4.78 is 1.15. The maximum atomic E-state index is 4.24. The molecule has 0 amide bonds. The van der Waals surface area contributed by atoms with Crippen LogP contribution in [0, 0.1) is 0 Å². The molecule has 1 aromatic rings. The average molecular weight is 414 g/mol. The van der Waals surface area contributed by atoms with Crippen LogP contribution in [0.4, 0.5) is 0 Å². The van der Waals surface area contributed by atoms with Gasteiger partial charge in [0.25, 0.3) is 0 Å². The molecule has 1 unspecified atom stereocenters. The van der Waals surface area contributed by atoms with Gasteiger partial charge in [-0.05, 0) is 19.8 Å². The van der Waals surface area contributed by atoms with Gasteiger partial charge in [0, 0.05) is 37.0 Å². The molecule has 0 fully saturated rings. The van der Waals surface area contributed by atoms with Crippen LogP contribution in [-0.2, 0) is 0 Å². The number of hydrogen-bond acceptors (Lipinski definition) is 4. The number of hydrogen-bond donors (Lipinski definition) is 2. The van der Waals surface area contributed by atoms with E-state index < -0.39 is 0 Å². The lowest BCUT2D eigenvalue weighted by Crippen LogP contribution is -2.42. The van der Waals surface area contributed by atoms with Gasteiger partial charge in [0.05, 0.1) is 0 Å². The molecular formula is C12H23IN4S2. The molecular weight excluding hydrogens is 391 g/mol. The Hall–Kier alpha value is -0.0200. The Kier molecular flexibility index (Phi) is 11.8. The highest BCUT2D eigenvalue weighted by molar-refractivity contribution is 14.0. The Bertz CT molecular complexity index is 344. The summed E-state index contributed by atoms with van der Waals surface area (Å²) in [6.45, 7) is 5.26. The Morgan fingerprint density at radius 1 is 1.58 bits per heavy atom. The first-order valence-corrected chi connectivity index (χ1v) is 8.12. The van der Waals surface area contributed by atoms with Crippen LogP contribution >= 0.6 is 47.1 Å². The molecule has 0 saturated carbocycles. The van der Waals surface area contributed by atoms with Crippen LogP contribution in [0.25, 0.3) is 0 Å². The molecule has 0 saturated heterocycles. The minimum atomic E-state index is 0. The lowest BCUT2D eigenvalue weighted by molar-refractivity contribution is 0.623. The molecule has 110 valence electrons. The third-order valence-electron chi connectivity index (χ3n) is 2.47. The number of aromatic nitrogens is 1. The highest BCUT2D eigenvalue weighted by Gasteiger charge is 2.02. The van der Waals surface area contributed by atoms with E-state index >= 15 is 0 Å². The van der Waals surface area contributed by atoms with Gasteiger partial charge in [0.2, 0.25) is 0 Å². The largest absolute Gasteiger partial charge is 0.356 e. The summed E-state index contributed by atoms with van der Waals surface area (Å²) in [5.41, 5.74) is 0. The van der Waals surface area contributed by atoms with Crippen molar-refractivity contribution < 1.29 is 0 Å². The van der Waals surface area contributed by atoms with E-state index in [1.807, 2.05) is 30.4 Å². The number of guanidine groups is 1. The number of halogens is 1. The zero-order valence-electron chi connectivity index (χ0n) is 11.7. The average Bonchev–Trinajstić information content (AvgIpc) is 2.89. The van der Waals surface area contributed by atoms with Crippen LogP contribution < -0.4 is 10.6 Å². The molecule has 0 aliphatic rings. The van der Waals surface area contributed by atoms with Crippen LogP contribution in [0.1, 0.15) is 26.7 Å². The number of aliphatic imine (C=N–C) groups is 1. The molecule has 1 aromatic heterocycles. The zero-order chi connectivity index (χ0) is 13.2. The minimum Gasteiger partial charge on any atom is -0.356 e. The second-order valence-corrected chi connectivity index (χ2v) is 6.19. The van der Waals surface area contributed by atoms with Crippen molar-refractivity contribution in [2.45, 2.75) is 37.1 Å². The molecule has 19 heavy (non-hydrogen) atoms. The van der Waals surface area contributed by atoms with Gasteiger partial charge in [0.1, 0.15) is 4.34 Å². The van der Waals surface area contributed by atoms with Crippen molar-refractivity contribution in [1.82, 2.24) is 15.6 Å². The van der Waals surface area contributed by atoms with E-state index in [0.29, 0.717) is 6.04 Å². The predicted octanol–water partition coefficient (Wildman–Crippen LogP) is 3.21. The van der Waals surface area contributed by atoms with Gasteiger partial charge in [-0.1, -0.05) is 18.7 Å². The summed E-state index contributed by atoms with van der Waals surface area (Å²) in [7, 11) is 1.81. The van der Waals surface area contributed by atoms with Crippen molar-refractivity contribution in [2.24, 2.45) is 4.99 Å². The second-order valence-electron chi connectivity index (χ2n) is 3.95. The summed E-state index contributed by atoms with van der Waals surface area (Å²) in [6, 6.07) is 0.459. The number of nitrogens with zero attached hydrogens (tertiary/aromatic N) is 2. The van der Waals surface area contributed by atoms with Crippen LogP contribution in [0.3, 0.4) is 0 Å². The molecule has 2 N–H and O–H groups in total. The predicted molar refractivity (Wildman–Crippen MR) is 97.1 cm³/mol. The zero-order valence-corrected chi connectivity index (χ0v) is 15.6. The van der Waals surface area contributed by atoms with Gasteiger partial charge in [0.15, 0.2) is 5.96 Å². The fourth-order valence-corrected chi connectivity index (χ4v) is 2.90. The Labute approximate surface area is 141 Å². The van der Waals surface area contributed by atoms with E-state index in [-0.39, 0.29) is 24.0 Å². The number of thioether (sulfide) groups is 1. The second kappa shape index (κ2) is 11.8. The Morgan fingerprint density at radius 3 is 2.95 bits per heavy atom. The summed E-state index contributed by atoms with van der Waals surface area (Å²) in [6.07, 6.45) is 4.05. The summed E-state index contributed by atoms with van der Waals surface area (Å²) in [4.78, 5) is 8.44. The first-order valence-electron chi connectivity index (χ1n) is 6.25. The standard InChI is InChI=1S/C12H22N4S2.HI/c1-4-10(2)16-11(13-3)14-6-5-8-17-12-15-7-9-18-12;/h7,9-10H,4-6,8H2,1-3H3,(H2,13,14,16);1H. The molecule has 1 atom stereocenters. The maximum Gasteiger partial charge on any atom is 0.191 e. The van der Waals surface area contributed by atoms with Gasteiger partial charge in [-0.2, -0.15) is 0 Å². The highest BCUT2D eigenvalue weighted by Crippen LogP contribution is 2.20. The monoisotopic (exact) mass is 414 g/mol. The number of nitrogens with one attached hydrogen (secondary N) is 2. The van der Waals surface area contributed by atoms with Crippen molar-refractivity contribution in [3.63, 3.8) is 0 Å². The molecule has 0 bridgehead atoms. The van der Waals surface area contributed by atoms with E-state index in [2.05, 4.69) is 34.5 Å². The third-order valence-corrected chi connectivity index (χ3v) is 4.52. The lowest BCUT2D eigenvalue weighted by atomic mass is 10.3. The van der Waals surface area contributed by atoms with Gasteiger partial charge in [-0.3, -0.25) is 4.99 Å². The van der Waals surface area contributed by atoms with Crippen molar-refractivity contribution in [1.29, 1.82) is 0 Å². The SMILES string of the molecule is CCC(C)NC(=NC)NCCCSc1nccs1.I. The first kappa shape index (κ1) is 19.0. The summed E-state index contributed by atoms with van der Waals surface area (Å²) >= 11 is 3.51. The molecule has 0 aliphatic carbocycles. The fraction of sp³-hybridized carbons (Fsp3) is 0.667. The molecule has 4 nitrogen and oxygen atoms in total. The van der Waals surface area contributed by atoms with Crippen LogP contribution in [0.5, 0.6) is 0 Å². The van der Waals surface area contributed by atoms with Gasteiger partial charge in [-0.15, -0.1) is 35.3 Å². The van der Waals surface area contributed by atoms with Crippen molar-refractivity contribution in [2.75, 3.05) is 19.3 Å². The Morgan fingerprint density at radius 2 is 2.37 bits per heavy atom. The topological polar surface area (TPSA) is 49.3 Å². The fourth-order valence-electron chi connectivity index (χ4n) is 1.25. The summed E-state index contributed by atoms with van der Waals surface area (Å²) in [5.74, 6) is 1.98. The number of thiazole rings is 1. The molecule has 7 heteroatoms. The Balaban J connectivity index is 0.00000324. The van der Waals surface area contributed by atoms with Crippen molar-refractivity contribution >= 4 is 53.0 Å². The molecule has 0 aliphatic heterocycles. The van der Waals surface area contributed by atoms with Crippen LogP contribution in [0.15, 0.2) is 20.9 Å². The van der Waals surface area contributed by atoms with Crippen molar-refractivity contribution in [3.05, 3.63) is 11.6 Å². The van der Waals surface area contributed by atoms with E-state index in [1.165, 1.54) is 0 Å². The van der Waals surface area contributed by atoms with E-state index in [0.717, 1.165) is 35.4 Å².